The van der Waals surface area contributed by atoms with Gasteiger partial charge in [0.15, 0.2) is 5.54 Å². The van der Waals surface area contributed by atoms with Crippen LogP contribution < -0.4 is 5.73 Å². The summed E-state index contributed by atoms with van der Waals surface area (Å²) in [5.41, 5.74) is 6.32. The summed E-state index contributed by atoms with van der Waals surface area (Å²) in [6, 6.07) is 9.42. The Bertz CT molecular complexity index is 389. The Kier molecular flexibility index (Phi) is 1.26. The van der Waals surface area contributed by atoms with E-state index < -0.39 is 5.54 Å². The maximum atomic E-state index is 8.81. The number of hydrogen-bond donors (Lipinski definition) is 1. The molecule has 1 unspecified atom stereocenters. The molecule has 3 nitrogen and oxygen atoms in total. The van der Waals surface area contributed by atoms with Crippen LogP contribution in [0.3, 0.4) is 0 Å². The summed E-state index contributed by atoms with van der Waals surface area (Å²) >= 11 is 0. The van der Waals surface area contributed by atoms with E-state index in [1.54, 1.807) is 0 Å². The molecule has 12 heavy (non-hydrogen) atoms. The van der Waals surface area contributed by atoms with E-state index in [2.05, 4.69) is 4.99 Å². The number of nitrogens with zero attached hydrogens (tertiary/aromatic N) is 2. The van der Waals surface area contributed by atoms with Crippen molar-refractivity contribution in [3.63, 3.8) is 0 Å². The zero-order valence-electron chi connectivity index (χ0n) is 6.36. The molecule has 0 saturated carbocycles. The highest BCUT2D eigenvalue weighted by molar-refractivity contribution is 5.87. The minimum absolute atomic E-state index is 0.785. The molecule has 1 aliphatic heterocycles. The predicted octanol–water partition coefficient (Wildman–Crippen LogP) is 1.08. The molecule has 0 bridgehead atoms. The first-order valence-corrected chi connectivity index (χ1v) is 3.61. The minimum atomic E-state index is -1.02. The molecular weight excluding hydrogens is 150 g/mol. The van der Waals surface area contributed by atoms with Crippen molar-refractivity contribution in [3.8, 4) is 6.07 Å². The molecule has 1 aliphatic rings. The Balaban J connectivity index is 2.65. The lowest BCUT2D eigenvalue weighted by atomic mass is 9.95. The molecule has 0 fully saturated rings. The van der Waals surface area contributed by atoms with Crippen LogP contribution in [0.5, 0.6) is 0 Å². The first-order valence-electron chi connectivity index (χ1n) is 3.61. The van der Waals surface area contributed by atoms with Crippen molar-refractivity contribution >= 4 is 11.9 Å². The van der Waals surface area contributed by atoms with Crippen LogP contribution in [0.25, 0.3) is 0 Å². The number of para-hydroxylation sites is 1. The fourth-order valence-electron chi connectivity index (χ4n) is 1.27. The van der Waals surface area contributed by atoms with Crippen LogP contribution in [0.1, 0.15) is 5.56 Å². The van der Waals surface area contributed by atoms with Gasteiger partial charge in [-0.2, -0.15) is 5.26 Å². The summed E-state index contributed by atoms with van der Waals surface area (Å²) in [7, 11) is 0. The fraction of sp³-hybridized carbons (Fsp3) is 0.111. The number of benzene rings is 1. The highest BCUT2D eigenvalue weighted by Crippen LogP contribution is 2.32. The van der Waals surface area contributed by atoms with Crippen molar-refractivity contribution in [2.24, 2.45) is 10.7 Å². The molecule has 0 aromatic heterocycles. The van der Waals surface area contributed by atoms with Crippen molar-refractivity contribution in [1.82, 2.24) is 0 Å². The first kappa shape index (κ1) is 7.01. The quantitative estimate of drug-likeness (QED) is 0.612. The topological polar surface area (TPSA) is 62.2 Å². The van der Waals surface area contributed by atoms with Gasteiger partial charge in [0, 0.05) is 11.8 Å². The van der Waals surface area contributed by atoms with Crippen molar-refractivity contribution < 1.29 is 0 Å². The van der Waals surface area contributed by atoms with Crippen molar-refractivity contribution in [3.05, 3.63) is 29.8 Å². The molecule has 3 heteroatoms. The minimum Gasteiger partial charge on any atom is -0.305 e. The fourth-order valence-corrected chi connectivity index (χ4v) is 1.27. The molecule has 0 amide bonds. The van der Waals surface area contributed by atoms with E-state index >= 15 is 0 Å². The number of aliphatic imine (C=N–C) groups is 1. The van der Waals surface area contributed by atoms with E-state index in [9.17, 15) is 0 Å². The summed E-state index contributed by atoms with van der Waals surface area (Å²) < 4.78 is 0. The van der Waals surface area contributed by atoms with Gasteiger partial charge in [0.25, 0.3) is 0 Å². The molecule has 1 heterocycles. The molecule has 0 radical (unpaired) electrons. The summed E-state index contributed by atoms with van der Waals surface area (Å²) in [4.78, 5) is 4.05. The van der Waals surface area contributed by atoms with Gasteiger partial charge in [0.2, 0.25) is 0 Å². The molecule has 0 aliphatic carbocycles. The Labute approximate surface area is 70.1 Å². The van der Waals surface area contributed by atoms with Gasteiger partial charge in [-0.05, 0) is 6.07 Å². The average molecular weight is 157 g/mol. The van der Waals surface area contributed by atoms with E-state index in [1.807, 2.05) is 30.3 Å². The van der Waals surface area contributed by atoms with Crippen LogP contribution in [0.4, 0.5) is 5.69 Å². The van der Waals surface area contributed by atoms with E-state index in [4.69, 9.17) is 11.0 Å². The van der Waals surface area contributed by atoms with Crippen LogP contribution >= 0.6 is 0 Å². The van der Waals surface area contributed by atoms with Gasteiger partial charge in [-0.25, -0.2) is 0 Å². The van der Waals surface area contributed by atoms with Gasteiger partial charge in [0.05, 0.1) is 11.8 Å². The largest absolute Gasteiger partial charge is 0.305 e. The van der Waals surface area contributed by atoms with E-state index in [0.29, 0.717) is 0 Å². The maximum absolute atomic E-state index is 8.81. The Hall–Kier alpha value is -1.66. The van der Waals surface area contributed by atoms with Crippen LogP contribution in [-0.4, -0.2) is 6.21 Å². The van der Waals surface area contributed by atoms with Gasteiger partial charge in [-0.3, -0.25) is 4.99 Å². The smallest absolute Gasteiger partial charge is 0.167 e. The number of nitriles is 1. The van der Waals surface area contributed by atoms with Crippen LogP contribution in [0.2, 0.25) is 0 Å². The number of fused-ring (bicyclic) bond motifs is 1. The Morgan fingerprint density at radius 2 is 2.17 bits per heavy atom. The molecule has 1 aromatic carbocycles. The summed E-state index contributed by atoms with van der Waals surface area (Å²) in [6.45, 7) is 0. The third kappa shape index (κ3) is 0.758. The molecule has 0 spiro atoms. The Morgan fingerprint density at radius 1 is 1.42 bits per heavy atom. The highest BCUT2D eigenvalue weighted by atomic mass is 14.9. The highest BCUT2D eigenvalue weighted by Gasteiger charge is 2.31. The molecule has 1 aromatic rings. The van der Waals surface area contributed by atoms with Crippen LogP contribution in [0, 0.1) is 11.3 Å². The monoisotopic (exact) mass is 157 g/mol. The molecule has 1 atom stereocenters. The molecule has 0 saturated heterocycles. The number of nitrogens with two attached hydrogens (primary N) is 1. The van der Waals surface area contributed by atoms with Crippen molar-refractivity contribution in [2.75, 3.05) is 0 Å². The second-order valence-corrected chi connectivity index (χ2v) is 2.76. The van der Waals surface area contributed by atoms with Gasteiger partial charge in [0.1, 0.15) is 0 Å². The molecule has 2 N–H and O–H groups in total. The lowest BCUT2D eigenvalue weighted by Crippen LogP contribution is -2.34. The number of hydrogen-bond acceptors (Lipinski definition) is 3. The van der Waals surface area contributed by atoms with Crippen LogP contribution in [-0.2, 0) is 5.54 Å². The van der Waals surface area contributed by atoms with E-state index in [1.165, 1.54) is 6.21 Å². The SMILES string of the molecule is N#CC1(N)C=Nc2ccccc21. The zero-order chi connectivity index (χ0) is 8.60. The standard InChI is InChI=1S/C9H7N3/c10-5-9(11)6-12-8-4-2-1-3-7(8)9/h1-4,6H,11H2. The van der Waals surface area contributed by atoms with Gasteiger partial charge >= 0.3 is 0 Å². The van der Waals surface area contributed by atoms with Gasteiger partial charge in [-0.15, -0.1) is 0 Å². The van der Waals surface area contributed by atoms with Gasteiger partial charge in [-0.1, -0.05) is 18.2 Å². The molecule has 58 valence electrons. The third-order valence-corrected chi connectivity index (χ3v) is 1.94. The number of rotatable bonds is 0. The van der Waals surface area contributed by atoms with E-state index in [0.717, 1.165) is 11.3 Å². The van der Waals surface area contributed by atoms with Crippen molar-refractivity contribution in [1.29, 1.82) is 5.26 Å². The van der Waals surface area contributed by atoms with Crippen molar-refractivity contribution in [2.45, 2.75) is 5.54 Å². The molecular formula is C9H7N3. The van der Waals surface area contributed by atoms with Crippen LogP contribution in [0.15, 0.2) is 29.3 Å². The van der Waals surface area contributed by atoms with E-state index in [-0.39, 0.29) is 0 Å². The summed E-state index contributed by atoms with van der Waals surface area (Å²) in [6.07, 6.45) is 1.48. The Morgan fingerprint density at radius 3 is 2.92 bits per heavy atom. The lowest BCUT2D eigenvalue weighted by molar-refractivity contribution is 0.815. The molecule has 2 rings (SSSR count). The predicted molar refractivity (Wildman–Crippen MR) is 46.1 cm³/mol. The first-order chi connectivity index (χ1) is 5.76. The lowest BCUT2D eigenvalue weighted by Gasteiger charge is -2.11. The second-order valence-electron chi connectivity index (χ2n) is 2.76. The second kappa shape index (κ2) is 2.16. The average Bonchev–Trinajstić information content (AvgIpc) is 2.46. The third-order valence-electron chi connectivity index (χ3n) is 1.94. The zero-order valence-corrected chi connectivity index (χ0v) is 6.36. The summed E-state index contributed by atoms with van der Waals surface area (Å²) in [5, 5.41) is 8.81. The van der Waals surface area contributed by atoms with Gasteiger partial charge < -0.3 is 5.73 Å². The normalized spacial score (nSPS) is 25.0. The summed E-state index contributed by atoms with van der Waals surface area (Å²) in [5.74, 6) is 0. The maximum Gasteiger partial charge on any atom is 0.167 e.